The van der Waals surface area contributed by atoms with Crippen LogP contribution in [-0.2, 0) is 26.1 Å². The predicted octanol–water partition coefficient (Wildman–Crippen LogP) is 2.58. The zero-order valence-electron chi connectivity index (χ0n) is 16.8. The minimum Gasteiger partial charge on any atom is -0.452 e. The van der Waals surface area contributed by atoms with Crippen molar-refractivity contribution in [2.24, 2.45) is 0 Å². The average molecular weight is 419 g/mol. The second-order valence-electron chi connectivity index (χ2n) is 6.77. The zero-order valence-corrected chi connectivity index (χ0v) is 17.6. The van der Waals surface area contributed by atoms with Gasteiger partial charge < -0.3 is 9.64 Å². The Labute approximate surface area is 171 Å². The van der Waals surface area contributed by atoms with Crippen LogP contribution < -0.4 is 4.72 Å². The van der Waals surface area contributed by atoms with Crippen LogP contribution in [0.4, 0.5) is 0 Å². The molecule has 29 heavy (non-hydrogen) atoms. The molecule has 2 rings (SSSR count). The van der Waals surface area contributed by atoms with Crippen LogP contribution >= 0.6 is 0 Å². The summed E-state index contributed by atoms with van der Waals surface area (Å²) in [7, 11) is -2.01. The molecule has 0 spiro atoms. The number of benzene rings is 2. The number of carbonyl (C=O) groups is 2. The Bertz CT molecular complexity index is 927. The lowest BCUT2D eigenvalue weighted by Crippen LogP contribution is -2.32. The van der Waals surface area contributed by atoms with Gasteiger partial charge in [0.15, 0.2) is 6.61 Å². The molecule has 7 nitrogen and oxygen atoms in total. The van der Waals surface area contributed by atoms with E-state index in [2.05, 4.69) is 4.72 Å². The van der Waals surface area contributed by atoms with Crippen LogP contribution in [-0.4, -0.2) is 44.9 Å². The van der Waals surface area contributed by atoms with Gasteiger partial charge in [-0.05, 0) is 43.2 Å². The van der Waals surface area contributed by atoms with E-state index < -0.39 is 22.6 Å². The van der Waals surface area contributed by atoms with Crippen molar-refractivity contribution in [3.63, 3.8) is 0 Å². The van der Waals surface area contributed by atoms with E-state index in [0.29, 0.717) is 13.0 Å². The van der Waals surface area contributed by atoms with Crippen LogP contribution in [0.2, 0.25) is 0 Å². The van der Waals surface area contributed by atoms with E-state index in [0.717, 1.165) is 5.56 Å². The van der Waals surface area contributed by atoms with Crippen LogP contribution in [0.25, 0.3) is 0 Å². The van der Waals surface area contributed by atoms with Crippen molar-refractivity contribution in [1.82, 2.24) is 9.62 Å². The molecule has 1 N–H and O–H groups in total. The van der Waals surface area contributed by atoms with Gasteiger partial charge in [-0.15, -0.1) is 0 Å². The summed E-state index contributed by atoms with van der Waals surface area (Å²) in [6, 6.07) is 14.7. The van der Waals surface area contributed by atoms with Crippen molar-refractivity contribution in [1.29, 1.82) is 0 Å². The van der Waals surface area contributed by atoms with E-state index in [-0.39, 0.29) is 22.4 Å². The van der Waals surface area contributed by atoms with E-state index in [1.807, 2.05) is 37.3 Å². The fourth-order valence-electron chi connectivity index (χ4n) is 2.45. The molecule has 0 saturated heterocycles. The Hall–Kier alpha value is -2.71. The summed E-state index contributed by atoms with van der Waals surface area (Å²) in [5, 5.41) is 0. The van der Waals surface area contributed by atoms with E-state index in [4.69, 9.17) is 4.74 Å². The lowest BCUT2D eigenvalue weighted by Gasteiger charge is -2.17. The number of nitrogens with zero attached hydrogens (tertiary/aromatic N) is 1. The van der Waals surface area contributed by atoms with Crippen molar-refractivity contribution >= 4 is 21.9 Å². The van der Waals surface area contributed by atoms with Gasteiger partial charge in [-0.3, -0.25) is 4.79 Å². The number of ether oxygens (including phenoxy) is 1. The fraction of sp³-hybridized carbons (Fsp3) is 0.333. The quantitative estimate of drug-likeness (QED) is 0.632. The number of amides is 1. The summed E-state index contributed by atoms with van der Waals surface area (Å²) in [5.74, 6) is -1.02. The molecule has 2 aromatic rings. The summed E-state index contributed by atoms with van der Waals surface area (Å²) in [6.45, 7) is 3.67. The molecule has 0 aliphatic heterocycles. The van der Waals surface area contributed by atoms with E-state index in [9.17, 15) is 18.0 Å². The summed E-state index contributed by atoms with van der Waals surface area (Å²) in [6.07, 6.45) is 0.663. The molecule has 0 bridgehead atoms. The molecular weight excluding hydrogens is 392 g/mol. The Morgan fingerprint density at radius 3 is 2.28 bits per heavy atom. The Morgan fingerprint density at radius 1 is 1.07 bits per heavy atom. The van der Waals surface area contributed by atoms with Gasteiger partial charge in [0.25, 0.3) is 5.91 Å². The van der Waals surface area contributed by atoms with Gasteiger partial charge in [0.1, 0.15) is 0 Å². The Kier molecular flexibility index (Phi) is 7.92. The molecule has 0 unspecified atom stereocenters. The number of hydrogen-bond acceptors (Lipinski definition) is 5. The summed E-state index contributed by atoms with van der Waals surface area (Å²) >= 11 is 0. The summed E-state index contributed by atoms with van der Waals surface area (Å²) in [5.41, 5.74) is 1.14. The topological polar surface area (TPSA) is 92.8 Å². The molecule has 0 aliphatic carbocycles. The van der Waals surface area contributed by atoms with Gasteiger partial charge in [0.2, 0.25) is 10.0 Å². The molecule has 0 aromatic heterocycles. The van der Waals surface area contributed by atoms with Crippen molar-refractivity contribution in [2.75, 3.05) is 13.7 Å². The lowest BCUT2D eigenvalue weighted by molar-refractivity contribution is -0.133. The number of esters is 1. The van der Waals surface area contributed by atoms with Gasteiger partial charge in [0, 0.05) is 19.6 Å². The average Bonchev–Trinajstić information content (AvgIpc) is 2.72. The molecular formula is C21H26N2O5S. The van der Waals surface area contributed by atoms with Crippen molar-refractivity contribution in [3.8, 4) is 0 Å². The van der Waals surface area contributed by atoms with E-state index >= 15 is 0 Å². The molecule has 8 heteroatoms. The number of sulfonamides is 1. The monoisotopic (exact) mass is 418 g/mol. The first-order chi connectivity index (χ1) is 13.7. The molecule has 1 atom stereocenters. The number of carbonyl (C=O) groups excluding carboxylic acids is 2. The normalized spacial score (nSPS) is 12.2. The molecule has 1 amide bonds. The lowest BCUT2D eigenvalue weighted by atomic mass is 10.2. The van der Waals surface area contributed by atoms with Gasteiger partial charge in [-0.25, -0.2) is 17.9 Å². The van der Waals surface area contributed by atoms with Crippen molar-refractivity contribution in [3.05, 3.63) is 65.7 Å². The van der Waals surface area contributed by atoms with Crippen molar-refractivity contribution < 1.29 is 22.7 Å². The highest BCUT2D eigenvalue weighted by Crippen LogP contribution is 2.13. The van der Waals surface area contributed by atoms with Gasteiger partial charge in [0.05, 0.1) is 10.5 Å². The van der Waals surface area contributed by atoms with Crippen LogP contribution in [0.5, 0.6) is 0 Å². The fourth-order valence-corrected chi connectivity index (χ4v) is 3.78. The second-order valence-corrected chi connectivity index (χ2v) is 8.48. The standard InChI is InChI=1S/C21H26N2O5S/c1-4-16(2)22-29(26,27)19-12-10-18(11-13-19)21(25)28-15-20(24)23(3)14-17-8-6-5-7-9-17/h5-13,16,22H,4,14-15H2,1-3H3/t16-/m1/s1. The van der Waals surface area contributed by atoms with Crippen LogP contribution in [0.3, 0.4) is 0 Å². The van der Waals surface area contributed by atoms with Crippen LogP contribution in [0.1, 0.15) is 36.2 Å². The summed E-state index contributed by atoms with van der Waals surface area (Å²) in [4.78, 5) is 25.9. The van der Waals surface area contributed by atoms with Gasteiger partial charge in [-0.1, -0.05) is 37.3 Å². The Balaban J connectivity index is 1.91. The number of hydrogen-bond donors (Lipinski definition) is 1. The second kappa shape index (κ2) is 10.2. The smallest absolute Gasteiger partial charge is 0.338 e. The SMILES string of the molecule is CC[C@@H](C)NS(=O)(=O)c1ccc(C(=O)OCC(=O)N(C)Cc2ccccc2)cc1. The summed E-state index contributed by atoms with van der Waals surface area (Å²) < 4.78 is 32.1. The molecule has 0 heterocycles. The van der Waals surface area contributed by atoms with E-state index in [1.165, 1.54) is 29.2 Å². The molecule has 0 radical (unpaired) electrons. The zero-order chi connectivity index (χ0) is 21.4. The highest BCUT2D eigenvalue weighted by molar-refractivity contribution is 7.89. The Morgan fingerprint density at radius 2 is 1.69 bits per heavy atom. The molecule has 0 saturated carbocycles. The first kappa shape index (κ1) is 22.6. The van der Waals surface area contributed by atoms with E-state index in [1.54, 1.807) is 14.0 Å². The predicted molar refractivity (Wildman–Crippen MR) is 110 cm³/mol. The first-order valence-corrected chi connectivity index (χ1v) is 10.8. The maximum atomic E-state index is 12.2. The van der Waals surface area contributed by atoms with Crippen LogP contribution in [0.15, 0.2) is 59.5 Å². The van der Waals surface area contributed by atoms with Gasteiger partial charge in [-0.2, -0.15) is 0 Å². The largest absolute Gasteiger partial charge is 0.452 e. The number of nitrogens with one attached hydrogen (secondary N) is 1. The minimum atomic E-state index is -3.64. The third kappa shape index (κ3) is 6.69. The molecule has 156 valence electrons. The minimum absolute atomic E-state index is 0.0630. The highest BCUT2D eigenvalue weighted by atomic mass is 32.2. The van der Waals surface area contributed by atoms with Crippen molar-refractivity contribution in [2.45, 2.75) is 37.8 Å². The highest BCUT2D eigenvalue weighted by Gasteiger charge is 2.18. The van der Waals surface area contributed by atoms with Gasteiger partial charge >= 0.3 is 5.97 Å². The molecule has 2 aromatic carbocycles. The molecule has 0 fully saturated rings. The third-order valence-corrected chi connectivity index (χ3v) is 5.99. The maximum absolute atomic E-state index is 12.2. The molecule has 0 aliphatic rings. The maximum Gasteiger partial charge on any atom is 0.338 e. The first-order valence-electron chi connectivity index (χ1n) is 9.30. The van der Waals surface area contributed by atoms with Crippen LogP contribution in [0, 0.1) is 0 Å². The number of rotatable bonds is 9. The number of likely N-dealkylation sites (N-methyl/N-ethyl adjacent to an activating group) is 1. The third-order valence-electron chi connectivity index (χ3n) is 4.38.